The lowest BCUT2D eigenvalue weighted by atomic mass is 10.2. The highest BCUT2D eigenvalue weighted by Crippen LogP contribution is 2.14. The molecule has 1 aliphatic rings. The van der Waals surface area contributed by atoms with Crippen LogP contribution in [0.5, 0.6) is 0 Å². The number of rotatable bonds is 3. The topological polar surface area (TPSA) is 92.7 Å². The minimum absolute atomic E-state index is 0. The Hall–Kier alpha value is -0.790. The van der Waals surface area contributed by atoms with Gasteiger partial charge in [0.15, 0.2) is 0 Å². The molecule has 1 heterocycles. The fourth-order valence-electron chi connectivity index (χ4n) is 1.39. The molecular weight excluding hydrogens is 262 g/mol. The lowest BCUT2D eigenvalue weighted by molar-refractivity contribution is -0.724. The molecule has 1 aromatic carbocycles. The third kappa shape index (κ3) is 4.53. The number of hydrogen-bond donors (Lipinski definition) is 3. The summed E-state index contributed by atoms with van der Waals surface area (Å²) in [5, 5.41) is 9.58. The van der Waals surface area contributed by atoms with Crippen molar-refractivity contribution in [2.75, 3.05) is 12.4 Å². The van der Waals surface area contributed by atoms with Gasteiger partial charge in [-0.15, -0.1) is 0 Å². The smallest absolute Gasteiger partial charge is 0.230 e. The van der Waals surface area contributed by atoms with Gasteiger partial charge in [-0.25, -0.2) is 10.9 Å². The Morgan fingerprint density at radius 1 is 1.35 bits per heavy atom. The Bertz CT molecular complexity index is 351. The van der Waals surface area contributed by atoms with E-state index in [0.29, 0.717) is 5.75 Å². The van der Waals surface area contributed by atoms with Crippen LogP contribution >= 0.6 is 11.8 Å². The number of thioether (sulfide) groups is 1. The summed E-state index contributed by atoms with van der Waals surface area (Å²) in [6, 6.07) is 10.1. The third-order valence-electron chi connectivity index (χ3n) is 2.09. The molecule has 1 unspecified atom stereocenters. The van der Waals surface area contributed by atoms with Gasteiger partial charge in [-0.05, 0) is 0 Å². The molecule has 0 saturated carbocycles. The lowest BCUT2D eigenvalue weighted by Gasteiger charge is -2.02. The SMILES string of the molecule is O.OCCSC1=NC(c2ccccc2)[NH2+]N1.[Cl-]. The Morgan fingerprint density at radius 3 is 2.71 bits per heavy atom. The lowest BCUT2D eigenvalue weighted by Crippen LogP contribution is -3.00. The summed E-state index contributed by atoms with van der Waals surface area (Å²) in [5.74, 6) is 0.682. The van der Waals surface area contributed by atoms with Crippen molar-refractivity contribution in [3.05, 3.63) is 35.9 Å². The number of quaternary nitrogens is 1. The third-order valence-corrected chi connectivity index (χ3v) is 2.98. The molecule has 0 saturated heterocycles. The highest BCUT2D eigenvalue weighted by Gasteiger charge is 2.21. The standard InChI is InChI=1S/C10H13N3OS.ClH.H2O/c14-6-7-15-10-11-9(12-13-10)8-4-2-1-3-5-8;;/h1-5,9,12,14H,6-7H2,(H,11,13);1H;1H2. The second kappa shape index (κ2) is 8.32. The van der Waals surface area contributed by atoms with Gasteiger partial charge in [-0.2, -0.15) is 4.99 Å². The minimum Gasteiger partial charge on any atom is -1.00 e. The summed E-state index contributed by atoms with van der Waals surface area (Å²) in [7, 11) is 0. The zero-order valence-corrected chi connectivity index (χ0v) is 10.7. The molecule has 0 bridgehead atoms. The van der Waals surface area contributed by atoms with E-state index in [1.807, 2.05) is 23.6 Å². The Labute approximate surface area is 110 Å². The van der Waals surface area contributed by atoms with E-state index in [0.717, 1.165) is 5.17 Å². The molecular formula is C10H16ClN3O2S. The monoisotopic (exact) mass is 277 g/mol. The van der Waals surface area contributed by atoms with E-state index in [2.05, 4.69) is 22.6 Å². The fourth-order valence-corrected chi connectivity index (χ4v) is 2.02. The molecule has 1 atom stereocenters. The Morgan fingerprint density at radius 2 is 2.06 bits per heavy atom. The van der Waals surface area contributed by atoms with E-state index < -0.39 is 0 Å². The van der Waals surface area contributed by atoms with Crippen molar-refractivity contribution in [2.45, 2.75) is 6.17 Å². The number of nitrogens with zero attached hydrogens (tertiary/aromatic N) is 1. The van der Waals surface area contributed by atoms with Gasteiger partial charge in [-0.3, -0.25) is 0 Å². The van der Waals surface area contributed by atoms with E-state index in [4.69, 9.17) is 5.11 Å². The Balaban J connectivity index is 0.00000128. The quantitative estimate of drug-likeness (QED) is 0.492. The number of benzene rings is 1. The first-order valence-corrected chi connectivity index (χ1v) is 5.85. The molecule has 1 aliphatic heterocycles. The van der Waals surface area contributed by atoms with Crippen molar-refractivity contribution in [2.24, 2.45) is 4.99 Å². The first kappa shape index (κ1) is 16.2. The summed E-state index contributed by atoms with van der Waals surface area (Å²) in [4.78, 5) is 4.50. The van der Waals surface area contributed by atoms with Crippen LogP contribution in [0, 0.1) is 0 Å². The zero-order valence-electron chi connectivity index (χ0n) is 9.14. The van der Waals surface area contributed by atoms with Gasteiger partial charge < -0.3 is 23.0 Å². The molecule has 0 spiro atoms. The molecule has 5 nitrogen and oxygen atoms in total. The molecule has 0 aromatic heterocycles. The van der Waals surface area contributed by atoms with Crippen LogP contribution < -0.4 is 23.3 Å². The van der Waals surface area contributed by atoms with Gasteiger partial charge in [0.1, 0.15) is 0 Å². The van der Waals surface area contributed by atoms with Crippen molar-refractivity contribution in [1.82, 2.24) is 5.43 Å². The van der Waals surface area contributed by atoms with Crippen molar-refractivity contribution in [3.8, 4) is 0 Å². The number of halogens is 1. The fraction of sp³-hybridized carbons (Fsp3) is 0.300. The number of amidine groups is 1. The predicted molar refractivity (Wildman–Crippen MR) is 64.8 cm³/mol. The number of aliphatic hydroxyl groups excluding tert-OH is 1. The Kier molecular flexibility index (Phi) is 7.94. The molecule has 7 heteroatoms. The summed E-state index contributed by atoms with van der Waals surface area (Å²) >= 11 is 1.54. The maximum Gasteiger partial charge on any atom is 0.230 e. The normalized spacial score (nSPS) is 17.5. The largest absolute Gasteiger partial charge is 1.00 e. The van der Waals surface area contributed by atoms with Gasteiger partial charge >= 0.3 is 0 Å². The number of nitrogens with one attached hydrogen (secondary N) is 1. The van der Waals surface area contributed by atoms with Crippen LogP contribution in [0.15, 0.2) is 35.3 Å². The molecule has 0 aliphatic carbocycles. The summed E-state index contributed by atoms with van der Waals surface area (Å²) in [6.45, 7) is 0.182. The van der Waals surface area contributed by atoms with Crippen LogP contribution in [0.3, 0.4) is 0 Å². The first-order valence-electron chi connectivity index (χ1n) is 4.86. The van der Waals surface area contributed by atoms with Crippen LogP contribution in [0.1, 0.15) is 11.7 Å². The van der Waals surface area contributed by atoms with Crippen LogP contribution in [0.25, 0.3) is 0 Å². The second-order valence-electron chi connectivity index (χ2n) is 3.17. The number of hydrogen-bond acceptors (Lipinski definition) is 4. The van der Waals surface area contributed by atoms with Gasteiger partial charge in [0, 0.05) is 11.3 Å². The highest BCUT2D eigenvalue weighted by atomic mass is 35.5. The average Bonchev–Trinajstić information content (AvgIpc) is 2.76. The molecule has 96 valence electrons. The van der Waals surface area contributed by atoms with Gasteiger partial charge in [-0.1, -0.05) is 42.1 Å². The van der Waals surface area contributed by atoms with E-state index in [-0.39, 0.29) is 30.7 Å². The van der Waals surface area contributed by atoms with E-state index >= 15 is 0 Å². The molecule has 6 N–H and O–H groups in total. The zero-order chi connectivity index (χ0) is 10.5. The summed E-state index contributed by atoms with van der Waals surface area (Å²) in [5.41, 5.74) is 6.27. The maximum absolute atomic E-state index is 8.70. The van der Waals surface area contributed by atoms with Crippen LogP contribution in [-0.4, -0.2) is 28.1 Å². The maximum atomic E-state index is 8.70. The second-order valence-corrected chi connectivity index (χ2v) is 4.26. The molecule has 1 aromatic rings. The van der Waals surface area contributed by atoms with Crippen molar-refractivity contribution < 1.29 is 28.4 Å². The predicted octanol–water partition coefficient (Wildman–Crippen LogP) is -3.97. The van der Waals surface area contributed by atoms with E-state index in [1.54, 1.807) is 11.8 Å². The van der Waals surface area contributed by atoms with E-state index in [1.165, 1.54) is 5.56 Å². The number of aliphatic hydroxyl groups is 1. The molecule has 17 heavy (non-hydrogen) atoms. The summed E-state index contributed by atoms with van der Waals surface area (Å²) < 4.78 is 0. The van der Waals surface area contributed by atoms with Crippen molar-refractivity contribution in [3.63, 3.8) is 0 Å². The van der Waals surface area contributed by atoms with Gasteiger partial charge in [0.05, 0.1) is 6.61 Å². The average molecular weight is 278 g/mol. The van der Waals surface area contributed by atoms with Crippen molar-refractivity contribution in [1.29, 1.82) is 0 Å². The first-order chi connectivity index (χ1) is 7.40. The van der Waals surface area contributed by atoms with Crippen LogP contribution in [0.2, 0.25) is 0 Å². The summed E-state index contributed by atoms with van der Waals surface area (Å²) in [6.07, 6.45) is 0.104. The highest BCUT2D eigenvalue weighted by molar-refractivity contribution is 8.13. The molecule has 0 fully saturated rings. The van der Waals surface area contributed by atoms with Crippen LogP contribution in [0.4, 0.5) is 0 Å². The van der Waals surface area contributed by atoms with Crippen molar-refractivity contribution >= 4 is 16.9 Å². The van der Waals surface area contributed by atoms with Crippen LogP contribution in [-0.2, 0) is 0 Å². The number of nitrogens with two attached hydrogens (primary N) is 1. The number of aliphatic imine (C=N–C) groups is 1. The minimum atomic E-state index is 0. The molecule has 0 amide bonds. The van der Waals surface area contributed by atoms with E-state index in [9.17, 15) is 0 Å². The van der Waals surface area contributed by atoms with Gasteiger partial charge in [0.25, 0.3) is 0 Å². The molecule has 0 radical (unpaired) electrons. The molecule has 2 rings (SSSR count). The van der Waals surface area contributed by atoms with Gasteiger partial charge in [0.2, 0.25) is 11.3 Å².